The number of hydrogen-bond donors (Lipinski definition) is 0. The van der Waals surface area contributed by atoms with Crippen LogP contribution >= 0.6 is 11.8 Å². The van der Waals surface area contributed by atoms with E-state index in [9.17, 15) is 9.59 Å². The fraction of sp³-hybridized carbons (Fsp3) is 0.244. The number of ether oxygens (including phenoxy) is 4. The van der Waals surface area contributed by atoms with Gasteiger partial charge in [0.25, 0.3) is 11.8 Å². The number of benzene rings is 5. The number of rotatable bonds is 10. The minimum absolute atomic E-state index is 0.115. The highest BCUT2D eigenvalue weighted by Crippen LogP contribution is 2.43. The molecule has 2 atom stereocenters. The Balaban J connectivity index is 0.955. The van der Waals surface area contributed by atoms with Crippen LogP contribution in [0.5, 0.6) is 23.0 Å². The van der Waals surface area contributed by atoms with Crippen LogP contribution in [0.3, 0.4) is 0 Å². The first-order chi connectivity index (χ1) is 27.3. The normalized spacial score (nSPS) is 17.4. The summed E-state index contributed by atoms with van der Waals surface area (Å²) in [7, 11) is 3.14. The lowest BCUT2D eigenvalue weighted by molar-refractivity contribution is 0.0978. The molecule has 0 aromatic heterocycles. The molecule has 0 radical (unpaired) electrons. The van der Waals surface area contributed by atoms with Gasteiger partial charge in [0, 0.05) is 58.9 Å². The van der Waals surface area contributed by atoms with Crippen molar-refractivity contribution < 1.29 is 28.5 Å². The van der Waals surface area contributed by atoms with Crippen LogP contribution in [-0.2, 0) is 26.1 Å². The van der Waals surface area contributed by atoms with Crippen molar-refractivity contribution in [2.24, 2.45) is 9.98 Å². The van der Waals surface area contributed by atoms with Gasteiger partial charge in [0.05, 0.1) is 48.8 Å². The summed E-state index contributed by atoms with van der Waals surface area (Å²) >= 11 is 1.75. The van der Waals surface area contributed by atoms with Crippen molar-refractivity contribution in [3.63, 3.8) is 0 Å². The third kappa shape index (κ3) is 6.45. The van der Waals surface area contributed by atoms with E-state index in [0.717, 1.165) is 51.4 Å². The van der Waals surface area contributed by atoms with E-state index < -0.39 is 0 Å². The Morgan fingerprint density at radius 2 is 1.11 bits per heavy atom. The van der Waals surface area contributed by atoms with Crippen LogP contribution < -0.4 is 28.7 Å². The Morgan fingerprint density at radius 1 is 0.643 bits per heavy atom. The Morgan fingerprint density at radius 3 is 1.55 bits per heavy atom. The molecule has 0 spiro atoms. The maximum absolute atomic E-state index is 13.9. The summed E-state index contributed by atoms with van der Waals surface area (Å²) in [5.74, 6) is 1.66. The molecule has 0 saturated heterocycles. The lowest BCUT2D eigenvalue weighted by atomic mass is 10.1. The molecule has 4 heterocycles. The first-order valence-electron chi connectivity index (χ1n) is 18.7. The van der Waals surface area contributed by atoms with Gasteiger partial charge in [-0.1, -0.05) is 50.2 Å². The molecule has 5 aromatic rings. The second kappa shape index (κ2) is 14.5. The molecule has 0 fully saturated rings. The lowest BCUT2D eigenvalue weighted by Gasteiger charge is -2.22. The van der Waals surface area contributed by atoms with E-state index >= 15 is 0 Å². The average molecular weight is 765 g/mol. The predicted molar refractivity (Wildman–Crippen MR) is 220 cm³/mol. The number of nitrogens with zero attached hydrogens (tertiary/aromatic N) is 4. The summed E-state index contributed by atoms with van der Waals surface area (Å²) in [4.78, 5) is 42.0. The van der Waals surface area contributed by atoms with Crippen LogP contribution in [0.1, 0.15) is 56.8 Å². The van der Waals surface area contributed by atoms with Gasteiger partial charge < -0.3 is 18.9 Å². The zero-order valence-corrected chi connectivity index (χ0v) is 32.3. The number of fused-ring (bicyclic) bond motifs is 8. The minimum Gasteiger partial charge on any atom is -0.493 e. The first kappa shape index (κ1) is 35.6. The quantitative estimate of drug-likeness (QED) is 0.131. The van der Waals surface area contributed by atoms with Gasteiger partial charge in [-0.05, 0) is 64.7 Å². The Bertz CT molecular complexity index is 2300. The van der Waals surface area contributed by atoms with Gasteiger partial charge in [0.15, 0.2) is 23.0 Å². The largest absolute Gasteiger partial charge is 0.493 e. The van der Waals surface area contributed by atoms with Crippen LogP contribution in [0.25, 0.3) is 0 Å². The second-order valence-corrected chi connectivity index (χ2v) is 16.1. The van der Waals surface area contributed by atoms with Crippen LogP contribution in [0, 0.1) is 0 Å². The molecule has 0 N–H and O–H groups in total. The maximum atomic E-state index is 13.9. The molecule has 2 amide bonds. The molecule has 5 aromatic carbocycles. The van der Waals surface area contributed by atoms with Crippen LogP contribution in [0.2, 0.25) is 0 Å². The smallest absolute Gasteiger partial charge is 0.261 e. The highest BCUT2D eigenvalue weighted by molar-refractivity contribution is 7.99. The molecule has 0 aliphatic carbocycles. The highest BCUT2D eigenvalue weighted by Gasteiger charge is 2.38. The van der Waals surface area contributed by atoms with Crippen LogP contribution in [-0.4, -0.2) is 55.8 Å². The molecule has 56 heavy (non-hydrogen) atoms. The van der Waals surface area contributed by atoms with Crippen molar-refractivity contribution in [1.29, 1.82) is 0 Å². The van der Waals surface area contributed by atoms with E-state index in [1.165, 1.54) is 0 Å². The molecule has 282 valence electrons. The van der Waals surface area contributed by atoms with Crippen molar-refractivity contribution in [2.75, 3.05) is 24.0 Å². The predicted octanol–water partition coefficient (Wildman–Crippen LogP) is 8.94. The SMILES string of the molecule is COc1cc2c(cc1OCc1cc(COc3cc4c(cc3OC)C(=O)N3c5ccccc5C[C@H]3C=N4)cc(SC(C)C)c1)N=C[C@@H]1Cc3ccccc3N1C2=O. The van der Waals surface area contributed by atoms with E-state index in [4.69, 9.17) is 28.9 Å². The molecule has 0 unspecified atom stereocenters. The number of para-hydroxylation sites is 2. The number of carbonyl (C=O) groups excluding carboxylic acids is 2. The van der Waals surface area contributed by atoms with Crippen LogP contribution in [0.4, 0.5) is 22.7 Å². The standard InChI is InChI=1S/C45H40N4O6S/c1-26(2)56-33-14-27(24-54-42-20-36-34(18-40(42)52-3)44(50)48-31(22-46-36)16-29-9-5-7-11-38(29)48)13-28(15-33)25-55-43-21-37-35(19-41(43)53-4)45(51)49-32(23-47-37)17-30-10-6-8-12-39(30)49/h5-15,18-23,26,31-32H,16-17,24-25H2,1-4H3/t31-,32-/m0/s1. The number of hydrogen-bond acceptors (Lipinski definition) is 9. The lowest BCUT2D eigenvalue weighted by Crippen LogP contribution is -2.37. The summed E-state index contributed by atoms with van der Waals surface area (Å²) in [6.07, 6.45) is 5.14. The number of amides is 2. The van der Waals surface area contributed by atoms with E-state index in [-0.39, 0.29) is 37.1 Å². The summed E-state index contributed by atoms with van der Waals surface area (Å²) in [6.45, 7) is 4.80. The molecule has 4 aliphatic heterocycles. The molecule has 9 rings (SSSR count). The van der Waals surface area contributed by atoms with Crippen molar-refractivity contribution in [3.05, 3.63) is 124 Å². The molecule has 10 nitrogen and oxygen atoms in total. The minimum atomic E-state index is -0.152. The zero-order valence-electron chi connectivity index (χ0n) is 31.5. The number of methoxy groups -OCH3 is 2. The van der Waals surface area contributed by atoms with Gasteiger partial charge >= 0.3 is 0 Å². The molecule has 4 aliphatic rings. The number of carbonyl (C=O) groups is 2. The van der Waals surface area contributed by atoms with Gasteiger partial charge in [-0.15, -0.1) is 11.8 Å². The Labute approximate surface area is 329 Å². The average Bonchev–Trinajstić information content (AvgIpc) is 3.69. The first-order valence-corrected chi connectivity index (χ1v) is 19.6. The van der Waals surface area contributed by atoms with Gasteiger partial charge in [-0.2, -0.15) is 0 Å². The monoisotopic (exact) mass is 764 g/mol. The molecule has 0 bridgehead atoms. The second-order valence-electron chi connectivity index (χ2n) is 14.5. The van der Waals surface area contributed by atoms with Crippen molar-refractivity contribution in [3.8, 4) is 23.0 Å². The number of thioether (sulfide) groups is 1. The molecular formula is C45H40N4O6S. The fourth-order valence-electron chi connectivity index (χ4n) is 7.94. The van der Waals surface area contributed by atoms with Crippen LogP contribution in [0.15, 0.2) is 106 Å². The summed E-state index contributed by atoms with van der Waals surface area (Å²) in [5.41, 5.74) is 7.98. The molecule has 11 heteroatoms. The molecular weight excluding hydrogens is 725 g/mol. The third-order valence-corrected chi connectivity index (χ3v) is 11.4. The zero-order chi connectivity index (χ0) is 38.5. The summed E-state index contributed by atoms with van der Waals surface area (Å²) in [6, 6.07) is 29.0. The third-order valence-electron chi connectivity index (χ3n) is 10.4. The summed E-state index contributed by atoms with van der Waals surface area (Å²) in [5, 5.41) is 0.351. The maximum Gasteiger partial charge on any atom is 0.261 e. The van der Waals surface area contributed by atoms with Gasteiger partial charge in [0.1, 0.15) is 13.2 Å². The van der Waals surface area contributed by atoms with E-state index in [2.05, 4.69) is 44.2 Å². The van der Waals surface area contributed by atoms with E-state index in [0.29, 0.717) is 50.7 Å². The van der Waals surface area contributed by atoms with E-state index in [1.807, 2.05) is 58.6 Å². The topological polar surface area (TPSA) is 102 Å². The van der Waals surface area contributed by atoms with Crippen molar-refractivity contribution in [1.82, 2.24) is 0 Å². The van der Waals surface area contributed by atoms with Crippen molar-refractivity contribution >= 4 is 58.8 Å². The van der Waals surface area contributed by atoms with Gasteiger partial charge in [-0.3, -0.25) is 29.4 Å². The highest BCUT2D eigenvalue weighted by atomic mass is 32.2. The Hall–Kier alpha value is -6.07. The number of anilines is 2. The van der Waals surface area contributed by atoms with Gasteiger partial charge in [-0.25, -0.2) is 0 Å². The number of aliphatic imine (C=N–C) groups is 2. The van der Waals surface area contributed by atoms with Crippen molar-refractivity contribution in [2.45, 2.75) is 62.1 Å². The Kier molecular flexibility index (Phi) is 9.25. The fourth-order valence-corrected chi connectivity index (χ4v) is 8.92. The van der Waals surface area contributed by atoms with E-state index in [1.54, 1.807) is 50.2 Å². The van der Waals surface area contributed by atoms with Gasteiger partial charge in [0.2, 0.25) is 0 Å². The molecule has 0 saturated carbocycles. The summed E-state index contributed by atoms with van der Waals surface area (Å²) < 4.78 is 24.3.